The van der Waals surface area contributed by atoms with Crippen LogP contribution in [0, 0.1) is 5.82 Å². The number of nitrogens with zero attached hydrogens (tertiary/aromatic N) is 2. The van der Waals surface area contributed by atoms with Gasteiger partial charge >= 0.3 is 5.97 Å². The molecule has 1 atom stereocenters. The second-order valence-corrected chi connectivity index (χ2v) is 10.2. The number of sulfonamides is 1. The molecule has 11 heteroatoms. The summed E-state index contributed by atoms with van der Waals surface area (Å²) in [4.78, 5) is 13.5. The van der Waals surface area contributed by atoms with E-state index in [0.717, 1.165) is 11.3 Å². The molecule has 31 heavy (non-hydrogen) atoms. The highest BCUT2D eigenvalue weighted by Gasteiger charge is 2.30. The summed E-state index contributed by atoms with van der Waals surface area (Å²) in [6, 6.07) is 7.63. The molecule has 1 aromatic heterocycles. The highest BCUT2D eigenvalue weighted by molar-refractivity contribution is 7.91. The summed E-state index contributed by atoms with van der Waals surface area (Å²) in [7, 11) is -2.45. The van der Waals surface area contributed by atoms with Gasteiger partial charge in [0, 0.05) is 43.7 Å². The molecule has 170 valence electrons. The Morgan fingerprint density at radius 1 is 1.26 bits per heavy atom. The summed E-state index contributed by atoms with van der Waals surface area (Å²) < 4.78 is 50.7. The van der Waals surface area contributed by atoms with Crippen molar-refractivity contribution in [2.75, 3.05) is 46.4 Å². The van der Waals surface area contributed by atoms with Crippen molar-refractivity contribution >= 4 is 27.3 Å². The fourth-order valence-corrected chi connectivity index (χ4v) is 5.95. The van der Waals surface area contributed by atoms with Gasteiger partial charge in [-0.2, -0.15) is 4.31 Å². The first kappa shape index (κ1) is 23.8. The Morgan fingerprint density at radius 2 is 1.97 bits per heavy atom. The average Bonchev–Trinajstić information content (AvgIpc) is 3.26. The Hall–Kier alpha value is -1.89. The zero-order chi connectivity index (χ0) is 22.4. The van der Waals surface area contributed by atoms with E-state index in [1.165, 1.54) is 28.9 Å². The van der Waals surface area contributed by atoms with Gasteiger partial charge in [-0.3, -0.25) is 4.90 Å². The van der Waals surface area contributed by atoms with Crippen LogP contribution in [-0.2, 0) is 26.1 Å². The Kier molecular flexibility index (Phi) is 8.14. The second-order valence-electron chi connectivity index (χ2n) is 7.11. The van der Waals surface area contributed by atoms with E-state index in [0.29, 0.717) is 25.2 Å². The van der Waals surface area contributed by atoms with Gasteiger partial charge in [-0.15, -0.1) is 11.3 Å². The monoisotopic (exact) mass is 472 g/mol. The molecule has 8 nitrogen and oxygen atoms in total. The van der Waals surface area contributed by atoms with Crippen LogP contribution in [0.5, 0.6) is 0 Å². The van der Waals surface area contributed by atoms with Crippen LogP contribution in [0.4, 0.5) is 4.39 Å². The molecule has 0 amide bonds. The van der Waals surface area contributed by atoms with Gasteiger partial charge in [0.15, 0.2) is 0 Å². The Morgan fingerprint density at radius 3 is 2.65 bits per heavy atom. The lowest BCUT2D eigenvalue weighted by molar-refractivity contribution is 0.00470. The molecule has 0 unspecified atom stereocenters. The number of carbonyl (C=O) groups is 1. The molecule has 2 heterocycles. The SMILES string of the molecule is COC(=O)c1csc(S(=O)(=O)N2CCN(C[C@H](O)COCc3ccccc3F)CC2)c1. The number of thiophene rings is 1. The van der Waals surface area contributed by atoms with Crippen LogP contribution in [0.25, 0.3) is 0 Å². The first-order valence-electron chi connectivity index (χ1n) is 9.70. The topological polar surface area (TPSA) is 96.4 Å². The Balaban J connectivity index is 1.45. The standard InChI is InChI=1S/C20H25FN2O6S2/c1-28-20(25)16-10-19(30-14-16)31(26,27)23-8-6-22(7-9-23)11-17(24)13-29-12-15-4-2-3-5-18(15)21/h2-5,10,14,17,24H,6-9,11-13H2,1H3/t17-/m0/s1. The number of carbonyl (C=O) groups excluding carboxylic acids is 1. The summed E-state index contributed by atoms with van der Waals surface area (Å²) in [5.74, 6) is -0.924. The molecular formula is C20H25FN2O6S2. The molecule has 1 aliphatic heterocycles. The summed E-state index contributed by atoms with van der Waals surface area (Å²) >= 11 is 0.986. The van der Waals surface area contributed by atoms with E-state index in [-0.39, 0.29) is 41.9 Å². The van der Waals surface area contributed by atoms with Crippen molar-refractivity contribution in [2.45, 2.75) is 16.9 Å². The fourth-order valence-electron chi connectivity index (χ4n) is 3.23. The Bertz CT molecular complexity index is 989. The molecule has 0 spiro atoms. The van der Waals surface area contributed by atoms with Crippen LogP contribution in [0.1, 0.15) is 15.9 Å². The molecular weight excluding hydrogens is 447 g/mol. The van der Waals surface area contributed by atoms with E-state index >= 15 is 0 Å². The third-order valence-electron chi connectivity index (χ3n) is 4.92. The van der Waals surface area contributed by atoms with Crippen LogP contribution in [0.2, 0.25) is 0 Å². The van der Waals surface area contributed by atoms with E-state index in [1.54, 1.807) is 18.2 Å². The number of aliphatic hydroxyl groups is 1. The predicted molar refractivity (Wildman–Crippen MR) is 113 cm³/mol. The number of halogens is 1. The predicted octanol–water partition coefficient (Wildman–Crippen LogP) is 1.56. The van der Waals surface area contributed by atoms with Crippen molar-refractivity contribution < 1.29 is 32.2 Å². The zero-order valence-corrected chi connectivity index (χ0v) is 18.7. The Labute approximate surface area is 184 Å². The summed E-state index contributed by atoms with van der Waals surface area (Å²) in [5, 5.41) is 11.7. The van der Waals surface area contributed by atoms with Crippen molar-refractivity contribution in [3.8, 4) is 0 Å². The largest absolute Gasteiger partial charge is 0.465 e. The lowest BCUT2D eigenvalue weighted by Crippen LogP contribution is -2.50. The highest BCUT2D eigenvalue weighted by atomic mass is 32.2. The van der Waals surface area contributed by atoms with Crippen LogP contribution in [-0.4, -0.2) is 81.2 Å². The molecule has 1 N–H and O–H groups in total. The third-order valence-corrected chi connectivity index (χ3v) is 8.23. The number of hydrogen-bond donors (Lipinski definition) is 1. The van der Waals surface area contributed by atoms with Gasteiger partial charge < -0.3 is 14.6 Å². The molecule has 0 bridgehead atoms. The van der Waals surface area contributed by atoms with Crippen LogP contribution < -0.4 is 0 Å². The first-order valence-corrected chi connectivity index (χ1v) is 12.0. The molecule has 0 aliphatic carbocycles. The minimum absolute atomic E-state index is 0.0539. The number of aliphatic hydroxyl groups excluding tert-OH is 1. The normalized spacial score (nSPS) is 16.9. The summed E-state index contributed by atoms with van der Waals surface area (Å²) in [6.45, 7) is 1.92. The number of piperazine rings is 1. The van der Waals surface area contributed by atoms with E-state index in [1.807, 2.05) is 4.90 Å². The lowest BCUT2D eigenvalue weighted by Gasteiger charge is -2.34. The van der Waals surface area contributed by atoms with Crippen LogP contribution >= 0.6 is 11.3 Å². The van der Waals surface area contributed by atoms with Crippen molar-refractivity contribution in [1.82, 2.24) is 9.21 Å². The molecule has 1 saturated heterocycles. The average molecular weight is 473 g/mol. The van der Waals surface area contributed by atoms with E-state index < -0.39 is 22.1 Å². The molecule has 1 aromatic carbocycles. The smallest absolute Gasteiger partial charge is 0.338 e. The molecule has 3 rings (SSSR count). The van der Waals surface area contributed by atoms with Crippen molar-refractivity contribution in [2.24, 2.45) is 0 Å². The van der Waals surface area contributed by atoms with Gasteiger partial charge in [-0.1, -0.05) is 18.2 Å². The quantitative estimate of drug-likeness (QED) is 0.553. The maximum absolute atomic E-state index is 13.6. The van der Waals surface area contributed by atoms with Crippen molar-refractivity contribution in [3.63, 3.8) is 0 Å². The molecule has 0 saturated carbocycles. The molecule has 0 radical (unpaired) electrons. The fraction of sp³-hybridized carbons (Fsp3) is 0.450. The molecule has 1 aliphatic rings. The van der Waals surface area contributed by atoms with E-state index in [4.69, 9.17) is 4.74 Å². The van der Waals surface area contributed by atoms with E-state index in [9.17, 15) is 22.7 Å². The van der Waals surface area contributed by atoms with Crippen molar-refractivity contribution in [3.05, 3.63) is 52.7 Å². The van der Waals surface area contributed by atoms with Gasteiger partial charge in [0.05, 0.1) is 32.0 Å². The number of rotatable bonds is 9. The van der Waals surface area contributed by atoms with Gasteiger partial charge in [0.1, 0.15) is 10.0 Å². The number of benzene rings is 1. The van der Waals surface area contributed by atoms with Crippen molar-refractivity contribution in [1.29, 1.82) is 0 Å². The molecule has 1 fully saturated rings. The number of methoxy groups -OCH3 is 1. The first-order chi connectivity index (χ1) is 14.8. The van der Waals surface area contributed by atoms with Gasteiger partial charge in [0.2, 0.25) is 0 Å². The van der Waals surface area contributed by atoms with Gasteiger partial charge in [-0.25, -0.2) is 17.6 Å². The molecule has 2 aromatic rings. The maximum Gasteiger partial charge on any atom is 0.338 e. The minimum atomic E-state index is -3.69. The van der Waals surface area contributed by atoms with Crippen LogP contribution in [0.15, 0.2) is 39.9 Å². The highest BCUT2D eigenvalue weighted by Crippen LogP contribution is 2.25. The van der Waals surface area contributed by atoms with Gasteiger partial charge in [-0.05, 0) is 12.1 Å². The maximum atomic E-state index is 13.6. The minimum Gasteiger partial charge on any atom is -0.465 e. The van der Waals surface area contributed by atoms with E-state index in [2.05, 4.69) is 4.74 Å². The number of ether oxygens (including phenoxy) is 2. The lowest BCUT2D eigenvalue weighted by atomic mass is 10.2. The second kappa shape index (κ2) is 10.6. The zero-order valence-electron chi connectivity index (χ0n) is 17.1. The van der Waals surface area contributed by atoms with Crippen LogP contribution in [0.3, 0.4) is 0 Å². The van der Waals surface area contributed by atoms with Gasteiger partial charge in [0.25, 0.3) is 10.0 Å². The number of β-amino-alcohol motifs (C(OH)–C–C–N with tert-alkyl or cyclic N) is 1. The summed E-state index contributed by atoms with van der Waals surface area (Å²) in [6.07, 6.45) is -0.769. The number of hydrogen-bond acceptors (Lipinski definition) is 8. The summed E-state index contributed by atoms with van der Waals surface area (Å²) in [5.41, 5.74) is 0.640. The number of esters is 1. The third kappa shape index (κ3) is 6.09.